The highest BCUT2D eigenvalue weighted by Gasteiger charge is 2.32. The Hall–Kier alpha value is -2.74. The van der Waals surface area contributed by atoms with Crippen LogP contribution in [-0.4, -0.2) is 10.2 Å². The Morgan fingerprint density at radius 2 is 0.806 bits per heavy atom. The van der Waals surface area contributed by atoms with E-state index in [2.05, 4.69) is 119 Å². The molecule has 0 unspecified atom stereocenters. The number of hydrogen-bond acceptors (Lipinski definition) is 2. The van der Waals surface area contributed by atoms with Gasteiger partial charge in [0.15, 0.2) is 0 Å². The Balaban J connectivity index is 2.17. The molecule has 2 N–H and O–H groups in total. The predicted octanol–water partition coefficient (Wildman–Crippen LogP) is 8.96. The van der Waals surface area contributed by atoms with Crippen molar-refractivity contribution >= 4 is 0 Å². The van der Waals surface area contributed by atoms with Crippen molar-refractivity contribution in [3.8, 4) is 11.5 Å². The molecule has 0 atom stereocenters. The standard InChI is InChI=1S/C34H46O2/c1-21-16-29(35)27(31(3,4)5)19-25(21)33(9,10)23-14-13-15-24(18-23)34(11,12)26-20-28(32(6,7)8)30(36)17-22(26)2/h13-20,35-36H,1-12H3. The minimum atomic E-state index is -0.246. The van der Waals surface area contributed by atoms with E-state index >= 15 is 0 Å². The Labute approximate surface area is 219 Å². The van der Waals surface area contributed by atoms with Crippen LogP contribution in [0.1, 0.15) is 114 Å². The fourth-order valence-corrected chi connectivity index (χ4v) is 5.54. The molecule has 0 amide bonds. The summed E-state index contributed by atoms with van der Waals surface area (Å²) in [5, 5.41) is 21.3. The molecule has 0 aliphatic heterocycles. The number of hydrogen-bond donors (Lipinski definition) is 2. The average molecular weight is 487 g/mol. The maximum absolute atomic E-state index is 10.7. The molecule has 0 aromatic heterocycles. The Bertz CT molecular complexity index is 1180. The van der Waals surface area contributed by atoms with Gasteiger partial charge in [0.1, 0.15) is 11.5 Å². The van der Waals surface area contributed by atoms with E-state index in [1.807, 2.05) is 12.1 Å². The molecule has 2 heteroatoms. The molecular weight excluding hydrogens is 440 g/mol. The van der Waals surface area contributed by atoms with Gasteiger partial charge in [-0.2, -0.15) is 0 Å². The fraction of sp³-hybridized carbons (Fsp3) is 0.471. The topological polar surface area (TPSA) is 40.5 Å². The van der Waals surface area contributed by atoms with E-state index < -0.39 is 0 Å². The summed E-state index contributed by atoms with van der Waals surface area (Å²) in [5.74, 6) is 0.735. The molecule has 0 saturated heterocycles. The molecule has 3 aromatic carbocycles. The number of benzene rings is 3. The third kappa shape index (κ3) is 5.05. The van der Waals surface area contributed by atoms with E-state index in [1.165, 1.54) is 22.3 Å². The quantitative estimate of drug-likeness (QED) is 0.386. The highest BCUT2D eigenvalue weighted by molar-refractivity contribution is 5.54. The van der Waals surface area contributed by atoms with Gasteiger partial charge in [-0.25, -0.2) is 0 Å². The predicted molar refractivity (Wildman–Crippen MR) is 154 cm³/mol. The molecule has 0 aliphatic carbocycles. The monoisotopic (exact) mass is 486 g/mol. The lowest BCUT2D eigenvalue weighted by Crippen LogP contribution is -2.25. The zero-order valence-electron chi connectivity index (χ0n) is 24.5. The highest BCUT2D eigenvalue weighted by Crippen LogP contribution is 2.43. The Morgan fingerprint density at radius 3 is 1.11 bits per heavy atom. The van der Waals surface area contributed by atoms with Gasteiger partial charge in [0, 0.05) is 10.8 Å². The molecule has 3 rings (SSSR count). The molecule has 2 nitrogen and oxygen atoms in total. The maximum atomic E-state index is 10.7. The van der Waals surface area contributed by atoms with Crippen molar-refractivity contribution in [2.24, 2.45) is 0 Å². The molecular formula is C34H46O2. The van der Waals surface area contributed by atoms with E-state index in [0.29, 0.717) is 11.5 Å². The highest BCUT2D eigenvalue weighted by atomic mass is 16.3. The largest absolute Gasteiger partial charge is 0.508 e. The minimum absolute atomic E-state index is 0.145. The van der Waals surface area contributed by atoms with E-state index in [4.69, 9.17) is 0 Å². The summed E-state index contributed by atoms with van der Waals surface area (Å²) in [6.45, 7) is 26.1. The lowest BCUT2D eigenvalue weighted by Gasteiger charge is -2.34. The molecule has 0 fully saturated rings. The second-order valence-electron chi connectivity index (χ2n) is 13.7. The van der Waals surface area contributed by atoms with Gasteiger partial charge in [-0.3, -0.25) is 0 Å². The van der Waals surface area contributed by atoms with Crippen molar-refractivity contribution in [3.63, 3.8) is 0 Å². The molecule has 0 saturated carbocycles. The van der Waals surface area contributed by atoms with Crippen LogP contribution in [0.5, 0.6) is 11.5 Å². The second kappa shape index (κ2) is 8.98. The van der Waals surface area contributed by atoms with Crippen LogP contribution < -0.4 is 0 Å². The molecule has 194 valence electrons. The first-order chi connectivity index (χ1) is 16.3. The van der Waals surface area contributed by atoms with Crippen LogP contribution in [0.15, 0.2) is 48.5 Å². The number of aromatic hydroxyl groups is 2. The van der Waals surface area contributed by atoms with Gasteiger partial charge in [-0.1, -0.05) is 106 Å². The van der Waals surface area contributed by atoms with Gasteiger partial charge in [0.25, 0.3) is 0 Å². The van der Waals surface area contributed by atoms with E-state index in [0.717, 1.165) is 22.3 Å². The van der Waals surface area contributed by atoms with Crippen LogP contribution in [0.3, 0.4) is 0 Å². The number of rotatable bonds is 4. The summed E-state index contributed by atoms with van der Waals surface area (Å²) in [6.07, 6.45) is 0. The summed E-state index contributed by atoms with van der Waals surface area (Å²) >= 11 is 0. The molecule has 0 aliphatic rings. The molecule has 0 heterocycles. The van der Waals surface area contributed by atoms with Crippen molar-refractivity contribution < 1.29 is 10.2 Å². The smallest absolute Gasteiger partial charge is 0.119 e. The van der Waals surface area contributed by atoms with Gasteiger partial charge in [0.2, 0.25) is 0 Å². The van der Waals surface area contributed by atoms with Gasteiger partial charge >= 0.3 is 0 Å². The summed E-state index contributed by atoms with van der Waals surface area (Å²) in [6, 6.07) is 17.2. The SMILES string of the molecule is Cc1cc(O)c(C(C)(C)C)cc1C(C)(C)c1cccc(C(C)(C)c2cc(C(C)(C)C)c(O)cc2C)c1. The van der Waals surface area contributed by atoms with Crippen molar-refractivity contribution in [2.75, 3.05) is 0 Å². The van der Waals surface area contributed by atoms with E-state index in [9.17, 15) is 10.2 Å². The van der Waals surface area contributed by atoms with E-state index in [-0.39, 0.29) is 21.7 Å². The first-order valence-corrected chi connectivity index (χ1v) is 13.1. The third-order valence-corrected chi connectivity index (χ3v) is 7.95. The zero-order valence-corrected chi connectivity index (χ0v) is 24.5. The lowest BCUT2D eigenvalue weighted by molar-refractivity contribution is 0.444. The number of phenolic OH excluding ortho intramolecular Hbond substituents is 2. The minimum Gasteiger partial charge on any atom is -0.508 e. The van der Waals surface area contributed by atoms with Gasteiger partial charge in [-0.05, 0) is 81.3 Å². The third-order valence-electron chi connectivity index (χ3n) is 7.95. The molecule has 0 bridgehead atoms. The zero-order chi connectivity index (χ0) is 27.4. The van der Waals surface area contributed by atoms with Crippen LogP contribution in [0, 0.1) is 13.8 Å². The van der Waals surface area contributed by atoms with Crippen molar-refractivity contribution in [2.45, 2.75) is 105 Å². The van der Waals surface area contributed by atoms with Crippen molar-refractivity contribution in [3.05, 3.63) is 93.0 Å². The second-order valence-corrected chi connectivity index (χ2v) is 13.7. The first-order valence-electron chi connectivity index (χ1n) is 13.1. The van der Waals surface area contributed by atoms with E-state index in [1.54, 1.807) is 0 Å². The van der Waals surface area contributed by atoms with Gasteiger partial charge in [0.05, 0.1) is 0 Å². The normalized spacial score (nSPS) is 13.2. The summed E-state index contributed by atoms with van der Waals surface area (Å²) in [5.41, 5.74) is 8.31. The number of aryl methyl sites for hydroxylation is 2. The lowest BCUT2D eigenvalue weighted by atomic mass is 9.70. The van der Waals surface area contributed by atoms with Crippen LogP contribution in [0.4, 0.5) is 0 Å². The van der Waals surface area contributed by atoms with Crippen LogP contribution in [0.25, 0.3) is 0 Å². The summed E-state index contributed by atoms with van der Waals surface area (Å²) in [7, 11) is 0. The van der Waals surface area contributed by atoms with Gasteiger partial charge < -0.3 is 10.2 Å². The molecule has 0 spiro atoms. The van der Waals surface area contributed by atoms with Crippen molar-refractivity contribution in [1.82, 2.24) is 0 Å². The van der Waals surface area contributed by atoms with Crippen molar-refractivity contribution in [1.29, 1.82) is 0 Å². The molecule has 0 radical (unpaired) electrons. The van der Waals surface area contributed by atoms with Crippen LogP contribution in [-0.2, 0) is 21.7 Å². The van der Waals surface area contributed by atoms with Gasteiger partial charge in [-0.15, -0.1) is 0 Å². The fourth-order valence-electron chi connectivity index (χ4n) is 5.54. The van der Waals surface area contributed by atoms with Crippen LogP contribution in [0.2, 0.25) is 0 Å². The molecule has 3 aromatic rings. The number of phenols is 2. The first kappa shape index (κ1) is 27.8. The molecule has 36 heavy (non-hydrogen) atoms. The average Bonchev–Trinajstić information content (AvgIpc) is 2.71. The summed E-state index contributed by atoms with van der Waals surface area (Å²) < 4.78 is 0. The summed E-state index contributed by atoms with van der Waals surface area (Å²) in [4.78, 5) is 0. The maximum Gasteiger partial charge on any atom is 0.119 e. The Morgan fingerprint density at radius 1 is 0.472 bits per heavy atom. The van der Waals surface area contributed by atoms with Crippen LogP contribution >= 0.6 is 0 Å². The Kier molecular flexibility index (Phi) is 6.94.